The van der Waals surface area contributed by atoms with Gasteiger partial charge >= 0.3 is 5.97 Å². The highest BCUT2D eigenvalue weighted by atomic mass is 32.2. The number of anilines is 1. The lowest BCUT2D eigenvalue weighted by atomic mass is 10.1. The van der Waals surface area contributed by atoms with E-state index in [9.17, 15) is 9.59 Å². The summed E-state index contributed by atoms with van der Waals surface area (Å²) in [4.78, 5) is 22.6. The molecule has 0 aliphatic heterocycles. The Labute approximate surface area is 116 Å². The van der Waals surface area contributed by atoms with Gasteiger partial charge in [0, 0.05) is 10.4 Å². The highest BCUT2D eigenvalue weighted by molar-refractivity contribution is 8.01. The van der Waals surface area contributed by atoms with Crippen LogP contribution in [0.4, 0.5) is 5.69 Å². The monoisotopic (exact) mass is 282 g/mol. The molecule has 0 unspecified atom stereocenters. The summed E-state index contributed by atoms with van der Waals surface area (Å²) in [6.07, 6.45) is 0. The van der Waals surface area contributed by atoms with E-state index in [0.717, 1.165) is 0 Å². The second-order valence-corrected chi connectivity index (χ2v) is 6.25. The number of nitrogens with one attached hydrogen (secondary N) is 1. The summed E-state index contributed by atoms with van der Waals surface area (Å²) in [6, 6.07) is 8.08. The van der Waals surface area contributed by atoms with Gasteiger partial charge in [0.25, 0.3) is 0 Å². The van der Waals surface area contributed by atoms with Gasteiger partial charge < -0.3 is 16.2 Å². The van der Waals surface area contributed by atoms with Crippen LogP contribution in [-0.4, -0.2) is 33.5 Å². The van der Waals surface area contributed by atoms with Crippen molar-refractivity contribution in [3.8, 4) is 0 Å². The van der Waals surface area contributed by atoms with Crippen molar-refractivity contribution in [1.29, 1.82) is 0 Å². The molecule has 0 aliphatic rings. The van der Waals surface area contributed by atoms with Gasteiger partial charge in [0.15, 0.2) is 0 Å². The molecule has 4 N–H and O–H groups in total. The predicted molar refractivity (Wildman–Crippen MR) is 77.2 cm³/mol. The third-order valence-corrected chi connectivity index (χ3v) is 4.05. The molecule has 1 atom stereocenters. The Balaban J connectivity index is 2.48. The van der Waals surface area contributed by atoms with E-state index in [1.54, 1.807) is 26.0 Å². The first-order chi connectivity index (χ1) is 8.83. The molecule has 0 fully saturated rings. The van der Waals surface area contributed by atoms with Crippen LogP contribution in [0.25, 0.3) is 0 Å². The van der Waals surface area contributed by atoms with Crippen LogP contribution >= 0.6 is 11.8 Å². The minimum Gasteiger partial charge on any atom is -0.480 e. The van der Waals surface area contributed by atoms with Crippen molar-refractivity contribution in [2.24, 2.45) is 5.73 Å². The van der Waals surface area contributed by atoms with Crippen LogP contribution in [0.5, 0.6) is 0 Å². The first-order valence-electron chi connectivity index (χ1n) is 5.80. The van der Waals surface area contributed by atoms with Gasteiger partial charge in [-0.3, -0.25) is 9.59 Å². The van der Waals surface area contributed by atoms with E-state index in [0.29, 0.717) is 5.69 Å². The number of hydrogen-bond donors (Lipinski definition) is 3. The van der Waals surface area contributed by atoms with Gasteiger partial charge in [0.1, 0.15) is 6.04 Å². The molecule has 104 valence electrons. The minimum atomic E-state index is -1.07. The number of rotatable bonds is 6. The summed E-state index contributed by atoms with van der Waals surface area (Å²) in [5, 5.41) is 11.6. The van der Waals surface area contributed by atoms with Gasteiger partial charge in [-0.2, -0.15) is 0 Å². The van der Waals surface area contributed by atoms with Crippen LogP contribution in [0.3, 0.4) is 0 Å². The molecule has 1 aromatic rings. The third-order valence-electron chi connectivity index (χ3n) is 2.65. The molecule has 0 heterocycles. The van der Waals surface area contributed by atoms with Gasteiger partial charge in [-0.05, 0) is 26.0 Å². The molecular formula is C13H18N2O3S. The highest BCUT2D eigenvalue weighted by Crippen LogP contribution is 2.27. The van der Waals surface area contributed by atoms with Crippen molar-refractivity contribution in [2.45, 2.75) is 24.6 Å². The second-order valence-electron chi connectivity index (χ2n) is 4.62. The second kappa shape index (κ2) is 6.58. The largest absolute Gasteiger partial charge is 0.480 e. The summed E-state index contributed by atoms with van der Waals surface area (Å²) < 4.78 is -0.708. The van der Waals surface area contributed by atoms with Crippen molar-refractivity contribution >= 4 is 29.3 Å². The summed E-state index contributed by atoms with van der Waals surface area (Å²) in [5.41, 5.74) is 6.30. The Morgan fingerprint density at radius 1 is 1.37 bits per heavy atom. The fourth-order valence-corrected chi connectivity index (χ4v) is 2.21. The number of amides is 1. The van der Waals surface area contributed by atoms with E-state index in [4.69, 9.17) is 10.8 Å². The topological polar surface area (TPSA) is 92.4 Å². The van der Waals surface area contributed by atoms with Gasteiger partial charge in [0.05, 0.1) is 5.75 Å². The molecule has 0 spiro atoms. The zero-order chi connectivity index (χ0) is 14.5. The zero-order valence-electron chi connectivity index (χ0n) is 10.9. The Morgan fingerprint density at radius 2 is 1.95 bits per heavy atom. The molecule has 1 amide bonds. The van der Waals surface area contributed by atoms with Gasteiger partial charge in [-0.1, -0.05) is 18.2 Å². The minimum absolute atomic E-state index is 0.156. The molecule has 1 rings (SSSR count). The van der Waals surface area contributed by atoms with Crippen LogP contribution in [0.1, 0.15) is 13.8 Å². The van der Waals surface area contributed by atoms with Crippen molar-refractivity contribution in [3.63, 3.8) is 0 Å². The number of nitrogens with two attached hydrogens (primary N) is 1. The van der Waals surface area contributed by atoms with Crippen LogP contribution in [0.15, 0.2) is 30.3 Å². The maximum absolute atomic E-state index is 11.7. The number of carbonyl (C=O) groups excluding carboxylic acids is 1. The highest BCUT2D eigenvalue weighted by Gasteiger charge is 2.33. The molecule has 0 aromatic heterocycles. The number of carboxylic acids is 1. The lowest BCUT2D eigenvalue weighted by molar-refractivity contribution is -0.139. The fraction of sp³-hybridized carbons (Fsp3) is 0.385. The quantitative estimate of drug-likeness (QED) is 0.736. The molecule has 5 nitrogen and oxygen atoms in total. The third kappa shape index (κ3) is 4.92. The standard InChI is InChI=1S/C13H18N2O3S/c1-13(2,11(14)12(17)18)19-8-10(16)15-9-6-4-3-5-7-9/h3-7,11H,8,14H2,1-2H3,(H,15,16)(H,17,18)/t11-/m1/s1. The first kappa shape index (κ1) is 15.5. The normalized spacial score (nSPS) is 12.8. The van der Waals surface area contributed by atoms with Crippen LogP contribution in [0.2, 0.25) is 0 Å². The Morgan fingerprint density at radius 3 is 2.47 bits per heavy atom. The van der Waals surface area contributed by atoms with Crippen molar-refractivity contribution < 1.29 is 14.7 Å². The fourth-order valence-electron chi connectivity index (χ4n) is 1.36. The number of aliphatic carboxylic acids is 1. The maximum atomic E-state index is 11.7. The molecule has 0 saturated heterocycles. The lowest BCUT2D eigenvalue weighted by Gasteiger charge is -2.27. The average Bonchev–Trinajstić information content (AvgIpc) is 2.36. The van der Waals surface area contributed by atoms with Crippen LogP contribution in [-0.2, 0) is 9.59 Å². The Hall–Kier alpha value is -1.53. The predicted octanol–water partition coefficient (Wildman–Crippen LogP) is 1.55. The smallest absolute Gasteiger partial charge is 0.321 e. The van der Waals surface area contributed by atoms with Crippen molar-refractivity contribution in [3.05, 3.63) is 30.3 Å². The molecule has 0 bridgehead atoms. The van der Waals surface area contributed by atoms with Crippen molar-refractivity contribution in [2.75, 3.05) is 11.1 Å². The average molecular weight is 282 g/mol. The van der Waals surface area contributed by atoms with E-state index >= 15 is 0 Å². The molecule has 0 aliphatic carbocycles. The molecular weight excluding hydrogens is 264 g/mol. The number of carbonyl (C=O) groups is 2. The summed E-state index contributed by atoms with van der Waals surface area (Å²) in [6.45, 7) is 3.43. The molecule has 6 heteroatoms. The molecule has 1 aromatic carbocycles. The Bertz CT molecular complexity index is 448. The number of carboxylic acid groups (broad SMARTS) is 1. The Kier molecular flexibility index (Phi) is 5.38. The number of thioether (sulfide) groups is 1. The first-order valence-corrected chi connectivity index (χ1v) is 6.79. The van der Waals surface area contributed by atoms with Gasteiger partial charge in [-0.25, -0.2) is 0 Å². The molecule has 0 saturated carbocycles. The maximum Gasteiger partial charge on any atom is 0.321 e. The summed E-state index contributed by atoms with van der Waals surface area (Å²) >= 11 is 1.22. The molecule has 19 heavy (non-hydrogen) atoms. The van der Waals surface area contributed by atoms with Crippen LogP contribution < -0.4 is 11.1 Å². The molecule has 0 radical (unpaired) electrons. The van der Waals surface area contributed by atoms with Crippen LogP contribution in [0, 0.1) is 0 Å². The van der Waals surface area contributed by atoms with Gasteiger partial charge in [-0.15, -0.1) is 11.8 Å². The number of hydrogen-bond acceptors (Lipinski definition) is 4. The van der Waals surface area contributed by atoms with Gasteiger partial charge in [0.2, 0.25) is 5.91 Å². The number of benzene rings is 1. The summed E-state index contributed by atoms with van der Waals surface area (Å²) in [7, 11) is 0. The van der Waals surface area contributed by atoms with E-state index in [1.807, 2.05) is 18.2 Å². The van der Waals surface area contributed by atoms with E-state index in [-0.39, 0.29) is 11.7 Å². The van der Waals surface area contributed by atoms with E-state index < -0.39 is 16.8 Å². The van der Waals surface area contributed by atoms with E-state index in [2.05, 4.69) is 5.32 Å². The van der Waals surface area contributed by atoms with Crippen molar-refractivity contribution in [1.82, 2.24) is 0 Å². The number of para-hydroxylation sites is 1. The zero-order valence-corrected chi connectivity index (χ0v) is 11.7. The SMILES string of the molecule is CC(C)(SCC(=O)Nc1ccccc1)[C@H](N)C(=O)O. The lowest BCUT2D eigenvalue weighted by Crippen LogP contribution is -2.47. The summed E-state index contributed by atoms with van der Waals surface area (Å²) in [5.74, 6) is -1.09. The van der Waals surface area contributed by atoms with E-state index in [1.165, 1.54) is 11.8 Å².